The number of aryl methyl sites for hydroxylation is 2. The Morgan fingerprint density at radius 1 is 1.38 bits per heavy atom. The molecule has 8 nitrogen and oxygen atoms in total. The van der Waals surface area contributed by atoms with Crippen LogP contribution in [0.25, 0.3) is 0 Å². The number of aromatic nitrogens is 5. The fourth-order valence-corrected chi connectivity index (χ4v) is 2.72. The lowest BCUT2D eigenvalue weighted by atomic mass is 10.2. The molecule has 2 aromatic heterocycles. The van der Waals surface area contributed by atoms with E-state index >= 15 is 0 Å². The Labute approximate surface area is 123 Å². The lowest BCUT2D eigenvalue weighted by Gasteiger charge is -2.19. The average Bonchev–Trinajstić information content (AvgIpc) is 3.14. The Kier molecular flexibility index (Phi) is 3.87. The number of nitrogens with zero attached hydrogens (tertiary/aromatic N) is 6. The molecule has 0 aliphatic carbocycles. The van der Waals surface area contributed by atoms with Crippen LogP contribution in [0.5, 0.6) is 0 Å². The van der Waals surface area contributed by atoms with Gasteiger partial charge in [-0.1, -0.05) is 12.1 Å². The molecule has 1 aliphatic rings. The van der Waals surface area contributed by atoms with Crippen LogP contribution in [0.2, 0.25) is 0 Å². The molecule has 0 bridgehead atoms. The second-order valence-electron chi connectivity index (χ2n) is 5.43. The van der Waals surface area contributed by atoms with E-state index in [4.69, 9.17) is 10.3 Å². The van der Waals surface area contributed by atoms with Crippen molar-refractivity contribution in [3.63, 3.8) is 0 Å². The molecular weight excluding hydrogens is 270 g/mol. The maximum Gasteiger partial charge on any atom is 0.226 e. The van der Waals surface area contributed by atoms with E-state index in [1.165, 1.54) is 0 Å². The normalized spacial score (nSPS) is 19.4. The zero-order valence-corrected chi connectivity index (χ0v) is 12.5. The first-order chi connectivity index (χ1) is 10.2. The molecule has 1 saturated heterocycles. The maximum absolute atomic E-state index is 5.77. The van der Waals surface area contributed by atoms with E-state index in [1.807, 2.05) is 0 Å². The number of hydrogen-bond donors (Lipinski definition) is 1. The van der Waals surface area contributed by atoms with Gasteiger partial charge in [0.1, 0.15) is 0 Å². The topological polar surface area (TPSA) is 98.9 Å². The molecule has 0 amide bonds. The van der Waals surface area contributed by atoms with Crippen molar-refractivity contribution >= 4 is 5.95 Å². The predicted molar refractivity (Wildman–Crippen MR) is 76.1 cm³/mol. The van der Waals surface area contributed by atoms with Crippen molar-refractivity contribution in [3.8, 4) is 0 Å². The maximum atomic E-state index is 5.77. The van der Waals surface area contributed by atoms with Crippen molar-refractivity contribution < 1.29 is 4.52 Å². The number of nitrogens with two attached hydrogens (primary N) is 1. The molecule has 0 radical (unpaired) electrons. The summed E-state index contributed by atoms with van der Waals surface area (Å²) in [5, 5.41) is 8.44. The van der Waals surface area contributed by atoms with E-state index in [9.17, 15) is 0 Å². The van der Waals surface area contributed by atoms with Crippen LogP contribution in [0, 0.1) is 0 Å². The van der Waals surface area contributed by atoms with Gasteiger partial charge in [-0.05, 0) is 25.8 Å². The summed E-state index contributed by atoms with van der Waals surface area (Å²) >= 11 is 0. The molecule has 0 spiro atoms. The highest BCUT2D eigenvalue weighted by Crippen LogP contribution is 2.31. The second-order valence-corrected chi connectivity index (χ2v) is 5.43. The summed E-state index contributed by atoms with van der Waals surface area (Å²) in [7, 11) is 1.81. The van der Waals surface area contributed by atoms with Crippen LogP contribution in [0.15, 0.2) is 4.52 Å². The smallest absolute Gasteiger partial charge is 0.226 e. The van der Waals surface area contributed by atoms with Crippen molar-refractivity contribution in [1.82, 2.24) is 29.8 Å². The molecule has 2 N–H and O–H groups in total. The van der Waals surface area contributed by atoms with Gasteiger partial charge in [0.15, 0.2) is 11.6 Å². The Hall–Kier alpha value is -1.96. The standard InChI is InChI=1S/C13H21N7O/c1-3-5-11-15-10(18-21-11)8-20-7-4-6-9(20)12-16-13(14)19(2)17-12/h9H,3-8H2,1-2H3,(H2,14,16,17). The first-order valence-electron chi connectivity index (χ1n) is 7.39. The highest BCUT2D eigenvalue weighted by molar-refractivity contribution is 5.17. The summed E-state index contributed by atoms with van der Waals surface area (Å²) in [6.07, 6.45) is 3.98. The van der Waals surface area contributed by atoms with Gasteiger partial charge in [0, 0.05) is 13.5 Å². The number of hydrogen-bond acceptors (Lipinski definition) is 7. The van der Waals surface area contributed by atoms with E-state index in [1.54, 1.807) is 11.7 Å². The molecule has 0 aromatic carbocycles. The van der Waals surface area contributed by atoms with E-state index in [0.717, 1.165) is 43.9 Å². The van der Waals surface area contributed by atoms with E-state index in [-0.39, 0.29) is 6.04 Å². The van der Waals surface area contributed by atoms with Crippen molar-refractivity contribution in [3.05, 3.63) is 17.5 Å². The molecule has 0 saturated carbocycles. The zero-order chi connectivity index (χ0) is 14.8. The Balaban J connectivity index is 1.71. The highest BCUT2D eigenvalue weighted by atomic mass is 16.5. The van der Waals surface area contributed by atoms with Crippen molar-refractivity contribution in [1.29, 1.82) is 0 Å². The third-order valence-corrected chi connectivity index (χ3v) is 3.79. The van der Waals surface area contributed by atoms with Gasteiger partial charge < -0.3 is 10.3 Å². The fraction of sp³-hybridized carbons (Fsp3) is 0.692. The molecule has 3 heterocycles. The zero-order valence-electron chi connectivity index (χ0n) is 12.5. The molecule has 1 fully saturated rings. The third-order valence-electron chi connectivity index (χ3n) is 3.79. The van der Waals surface area contributed by atoms with Gasteiger partial charge in [0.25, 0.3) is 0 Å². The molecular formula is C13H21N7O. The van der Waals surface area contributed by atoms with Gasteiger partial charge in [0.05, 0.1) is 12.6 Å². The van der Waals surface area contributed by atoms with Crippen LogP contribution in [0.1, 0.15) is 49.8 Å². The van der Waals surface area contributed by atoms with Crippen molar-refractivity contribution in [2.45, 2.75) is 45.2 Å². The summed E-state index contributed by atoms with van der Waals surface area (Å²) in [4.78, 5) is 11.1. The van der Waals surface area contributed by atoms with Gasteiger partial charge in [-0.2, -0.15) is 15.1 Å². The molecule has 114 valence electrons. The SMILES string of the molecule is CCCc1nc(CN2CCCC2c2nc(N)n(C)n2)no1. The number of likely N-dealkylation sites (tertiary alicyclic amines) is 1. The highest BCUT2D eigenvalue weighted by Gasteiger charge is 2.30. The Bertz CT molecular complexity index is 586. The van der Waals surface area contributed by atoms with Gasteiger partial charge in [-0.3, -0.25) is 4.90 Å². The first-order valence-corrected chi connectivity index (χ1v) is 7.39. The van der Waals surface area contributed by atoms with Crippen LogP contribution in [-0.4, -0.2) is 36.3 Å². The van der Waals surface area contributed by atoms with Crippen molar-refractivity contribution in [2.75, 3.05) is 12.3 Å². The van der Waals surface area contributed by atoms with Crippen LogP contribution in [0.3, 0.4) is 0 Å². The molecule has 1 aliphatic heterocycles. The van der Waals surface area contributed by atoms with Crippen LogP contribution >= 0.6 is 0 Å². The largest absolute Gasteiger partial charge is 0.368 e. The molecule has 21 heavy (non-hydrogen) atoms. The van der Waals surface area contributed by atoms with Gasteiger partial charge in [-0.25, -0.2) is 4.68 Å². The third kappa shape index (κ3) is 2.90. The fourth-order valence-electron chi connectivity index (χ4n) is 2.72. The quantitative estimate of drug-likeness (QED) is 0.879. The number of anilines is 1. The van der Waals surface area contributed by atoms with Gasteiger partial charge >= 0.3 is 0 Å². The first kappa shape index (κ1) is 14.0. The van der Waals surface area contributed by atoms with E-state index in [0.29, 0.717) is 18.4 Å². The summed E-state index contributed by atoms with van der Waals surface area (Å²) in [5.41, 5.74) is 5.77. The van der Waals surface area contributed by atoms with Crippen LogP contribution in [0.4, 0.5) is 5.95 Å². The Morgan fingerprint density at radius 2 is 2.24 bits per heavy atom. The minimum Gasteiger partial charge on any atom is -0.368 e. The summed E-state index contributed by atoms with van der Waals surface area (Å²) in [5.74, 6) is 2.67. The average molecular weight is 291 g/mol. The second kappa shape index (κ2) is 5.80. The van der Waals surface area contributed by atoms with Gasteiger partial charge in [-0.15, -0.1) is 0 Å². The summed E-state index contributed by atoms with van der Waals surface area (Å²) in [6, 6.07) is 0.182. The molecule has 2 aromatic rings. The monoisotopic (exact) mass is 291 g/mol. The Morgan fingerprint density at radius 3 is 2.95 bits per heavy atom. The molecule has 8 heteroatoms. The minimum absolute atomic E-state index is 0.182. The lowest BCUT2D eigenvalue weighted by Crippen LogP contribution is -2.24. The molecule has 1 atom stereocenters. The van der Waals surface area contributed by atoms with E-state index in [2.05, 4.69) is 32.0 Å². The number of rotatable bonds is 5. The van der Waals surface area contributed by atoms with Crippen LogP contribution < -0.4 is 5.73 Å². The van der Waals surface area contributed by atoms with E-state index < -0.39 is 0 Å². The minimum atomic E-state index is 0.182. The van der Waals surface area contributed by atoms with Crippen LogP contribution in [-0.2, 0) is 20.0 Å². The predicted octanol–water partition coefficient (Wildman–Crippen LogP) is 1.07. The van der Waals surface area contributed by atoms with Crippen molar-refractivity contribution in [2.24, 2.45) is 7.05 Å². The number of nitrogen functional groups attached to an aromatic ring is 1. The summed E-state index contributed by atoms with van der Waals surface area (Å²) in [6.45, 7) is 3.74. The lowest BCUT2D eigenvalue weighted by molar-refractivity contribution is 0.230. The van der Waals surface area contributed by atoms with Gasteiger partial charge in [0.2, 0.25) is 11.8 Å². The summed E-state index contributed by atoms with van der Waals surface area (Å²) < 4.78 is 6.85. The molecule has 3 rings (SSSR count). The molecule has 1 unspecified atom stereocenters.